The summed E-state index contributed by atoms with van der Waals surface area (Å²) in [5.41, 5.74) is -4.50. The second kappa shape index (κ2) is 9.63. The van der Waals surface area contributed by atoms with Crippen molar-refractivity contribution in [1.29, 1.82) is 0 Å². The van der Waals surface area contributed by atoms with Crippen LogP contribution in [-0.4, -0.2) is 101 Å². The molecule has 2 fully saturated rings. The summed E-state index contributed by atoms with van der Waals surface area (Å²) < 4.78 is 0. The van der Waals surface area contributed by atoms with Gasteiger partial charge in [-0.25, -0.2) is 0 Å². The first-order valence-electron chi connectivity index (χ1n) is 7.69. The Morgan fingerprint density at radius 1 is 0.630 bits per heavy atom. The van der Waals surface area contributed by atoms with Gasteiger partial charge in [0.1, 0.15) is 23.4 Å². The normalized spacial score (nSPS) is 44.3. The standard InChI is InChI=1S/2C7H12O6.Zn/c2*8-3-1-7(13,6(11)12)2-4(9)5(3)10;/h2*3-5,8-10,13H,1-2H2,(H,11,12);/q;;+2/p-2/t2*3-,4-,5?,7?;/m11./s1. The summed E-state index contributed by atoms with van der Waals surface area (Å²) in [6, 6.07) is 0. The van der Waals surface area contributed by atoms with Gasteiger partial charge >= 0.3 is 19.5 Å². The maximum Gasteiger partial charge on any atom is 2.00 e. The molecule has 2 aliphatic rings. The average Bonchev–Trinajstić information content (AvgIpc) is 2.50. The van der Waals surface area contributed by atoms with Crippen LogP contribution in [0.4, 0.5) is 0 Å². The number of carbonyl (C=O) groups excluding carboxylic acids is 2. The number of carboxylic acid groups (broad SMARTS) is 2. The topological polar surface area (TPSA) is 242 Å². The van der Waals surface area contributed by atoms with E-state index in [2.05, 4.69) is 0 Å². The van der Waals surface area contributed by atoms with Crippen molar-refractivity contribution in [2.75, 3.05) is 0 Å². The van der Waals surface area contributed by atoms with E-state index in [0.29, 0.717) is 0 Å². The first kappa shape index (κ1) is 26.2. The smallest absolute Gasteiger partial charge is 0.547 e. The molecule has 27 heavy (non-hydrogen) atoms. The van der Waals surface area contributed by atoms with E-state index in [1.807, 2.05) is 0 Å². The molecule has 0 heterocycles. The molecule has 0 spiro atoms. The van der Waals surface area contributed by atoms with Gasteiger partial charge in [-0.1, -0.05) is 0 Å². The molecule has 2 saturated carbocycles. The molecule has 2 rings (SSSR count). The SMILES string of the molecule is O=C([O-])C1(O)C[C@@H](O)C(O)[C@H](O)C1.O=C([O-])C1(O)C[C@@H](O)C(O)[C@H](O)C1.[Zn+2]. The fourth-order valence-electron chi connectivity index (χ4n) is 2.88. The molecular weight excluding hydrogens is 426 g/mol. The van der Waals surface area contributed by atoms with Gasteiger partial charge in [0.2, 0.25) is 0 Å². The fraction of sp³-hybridized carbons (Fsp3) is 0.857. The van der Waals surface area contributed by atoms with Crippen molar-refractivity contribution >= 4 is 11.9 Å². The Balaban J connectivity index is 0.000000483. The van der Waals surface area contributed by atoms with Crippen LogP contribution in [0.15, 0.2) is 0 Å². The summed E-state index contributed by atoms with van der Waals surface area (Å²) in [5, 5.41) is 93.8. The molecule has 0 bridgehead atoms. The van der Waals surface area contributed by atoms with Gasteiger partial charge in [0.05, 0.1) is 36.4 Å². The van der Waals surface area contributed by atoms with Gasteiger partial charge in [-0.05, 0) is 0 Å². The first-order chi connectivity index (χ1) is 11.7. The maximum atomic E-state index is 10.4. The molecule has 0 amide bonds. The fourth-order valence-corrected chi connectivity index (χ4v) is 2.88. The predicted molar refractivity (Wildman–Crippen MR) is 74.4 cm³/mol. The van der Waals surface area contributed by atoms with Crippen LogP contribution in [0.3, 0.4) is 0 Å². The zero-order valence-electron chi connectivity index (χ0n) is 14.2. The summed E-state index contributed by atoms with van der Waals surface area (Å²) in [6.45, 7) is 0. The Morgan fingerprint density at radius 3 is 0.963 bits per heavy atom. The van der Waals surface area contributed by atoms with Gasteiger partial charge in [-0.15, -0.1) is 0 Å². The van der Waals surface area contributed by atoms with E-state index in [1.54, 1.807) is 0 Å². The molecule has 0 aromatic carbocycles. The van der Waals surface area contributed by atoms with Crippen LogP contribution in [0.5, 0.6) is 0 Å². The Hall–Kier alpha value is -0.757. The van der Waals surface area contributed by atoms with Crippen LogP contribution >= 0.6 is 0 Å². The molecule has 0 aliphatic heterocycles. The van der Waals surface area contributed by atoms with Gasteiger partial charge in [0.25, 0.3) is 0 Å². The Morgan fingerprint density at radius 2 is 0.815 bits per heavy atom. The molecule has 4 atom stereocenters. The summed E-state index contributed by atoms with van der Waals surface area (Å²) in [7, 11) is 0. The second-order valence-corrected chi connectivity index (χ2v) is 6.71. The molecule has 152 valence electrons. The third-order valence-electron chi connectivity index (χ3n) is 4.52. The van der Waals surface area contributed by atoms with Gasteiger partial charge in [0.15, 0.2) is 0 Å². The monoisotopic (exact) mass is 446 g/mol. The molecule has 0 saturated heterocycles. The zero-order chi connectivity index (χ0) is 20.4. The average molecular weight is 448 g/mol. The van der Waals surface area contributed by atoms with Crippen LogP contribution < -0.4 is 10.2 Å². The summed E-state index contributed by atoms with van der Waals surface area (Å²) in [4.78, 5) is 20.8. The van der Waals surface area contributed by atoms with Crippen LogP contribution in [0.1, 0.15) is 25.7 Å². The number of carbonyl (C=O) groups is 2. The minimum absolute atomic E-state index is 0. The second-order valence-electron chi connectivity index (χ2n) is 6.71. The quantitative estimate of drug-likeness (QED) is 0.184. The van der Waals surface area contributed by atoms with Gasteiger partial charge < -0.3 is 60.7 Å². The molecule has 0 unspecified atom stereocenters. The molecule has 13 heteroatoms. The summed E-state index contributed by atoms with van der Waals surface area (Å²) in [5.74, 6) is -3.50. The molecule has 0 aromatic rings. The number of rotatable bonds is 2. The summed E-state index contributed by atoms with van der Waals surface area (Å²) >= 11 is 0. The van der Waals surface area contributed by atoms with Crippen LogP contribution in [0, 0.1) is 0 Å². The molecular formula is C14H22O12Zn. The summed E-state index contributed by atoms with van der Waals surface area (Å²) in [6.07, 6.45) is -10.8. The van der Waals surface area contributed by atoms with E-state index in [4.69, 9.17) is 30.6 Å². The third-order valence-corrected chi connectivity index (χ3v) is 4.52. The van der Waals surface area contributed by atoms with E-state index in [0.717, 1.165) is 0 Å². The predicted octanol–water partition coefficient (Wildman–Crippen LogP) is -7.31. The van der Waals surface area contributed by atoms with E-state index >= 15 is 0 Å². The van der Waals surface area contributed by atoms with E-state index in [1.165, 1.54) is 0 Å². The van der Waals surface area contributed by atoms with Crippen molar-refractivity contribution in [2.24, 2.45) is 0 Å². The van der Waals surface area contributed by atoms with Gasteiger partial charge in [0, 0.05) is 25.7 Å². The third kappa shape index (κ3) is 6.11. The van der Waals surface area contributed by atoms with Crippen molar-refractivity contribution in [3.63, 3.8) is 0 Å². The molecule has 0 radical (unpaired) electrons. The van der Waals surface area contributed by atoms with Crippen molar-refractivity contribution in [3.05, 3.63) is 0 Å². The Labute approximate surface area is 166 Å². The minimum Gasteiger partial charge on any atom is -0.547 e. The maximum absolute atomic E-state index is 10.4. The number of hydrogen-bond acceptors (Lipinski definition) is 12. The first-order valence-corrected chi connectivity index (χ1v) is 7.69. The van der Waals surface area contributed by atoms with Crippen molar-refractivity contribution in [3.8, 4) is 0 Å². The number of hydrogen-bond donors (Lipinski definition) is 8. The number of aliphatic carboxylic acids is 2. The van der Waals surface area contributed by atoms with E-state index in [9.17, 15) is 30.0 Å². The number of carboxylic acids is 2. The largest absolute Gasteiger partial charge is 2.00 e. The zero-order valence-corrected chi connectivity index (χ0v) is 17.2. The van der Waals surface area contributed by atoms with Crippen molar-refractivity contribution in [2.45, 2.75) is 73.5 Å². The number of aliphatic hydroxyl groups is 8. The molecule has 12 nitrogen and oxygen atoms in total. The van der Waals surface area contributed by atoms with E-state index < -0.39 is 85.4 Å². The van der Waals surface area contributed by atoms with E-state index in [-0.39, 0.29) is 19.5 Å². The van der Waals surface area contributed by atoms with Crippen molar-refractivity contribution < 1.29 is 80.1 Å². The Kier molecular flexibility index (Phi) is 9.36. The number of aliphatic hydroxyl groups excluding tert-OH is 6. The molecule has 0 aromatic heterocycles. The van der Waals surface area contributed by atoms with Gasteiger partial charge in [-0.3, -0.25) is 0 Å². The Bertz CT molecular complexity index is 458. The van der Waals surface area contributed by atoms with Crippen molar-refractivity contribution in [1.82, 2.24) is 0 Å². The van der Waals surface area contributed by atoms with Crippen LogP contribution in [-0.2, 0) is 29.1 Å². The molecule has 2 aliphatic carbocycles. The van der Waals surface area contributed by atoms with Gasteiger partial charge in [-0.2, -0.15) is 0 Å². The minimum atomic E-state index is -2.25. The molecule has 8 N–H and O–H groups in total. The van der Waals surface area contributed by atoms with Crippen LogP contribution in [0.2, 0.25) is 0 Å². The van der Waals surface area contributed by atoms with Crippen LogP contribution in [0.25, 0.3) is 0 Å².